The van der Waals surface area contributed by atoms with Crippen molar-refractivity contribution in [3.05, 3.63) is 0 Å². The molecule has 0 heterocycles. The van der Waals surface area contributed by atoms with E-state index in [0.717, 1.165) is 31.6 Å². The lowest BCUT2D eigenvalue weighted by atomic mass is 10.0. The first-order valence-corrected chi connectivity index (χ1v) is 20.9. The minimum Gasteiger partial charge on any atom is -0.463 e. The highest BCUT2D eigenvalue weighted by atomic mass is 16.6. The summed E-state index contributed by atoms with van der Waals surface area (Å²) in [5, 5.41) is 10.0. The normalized spacial score (nSPS) is 12.1. The molecule has 5 heteroatoms. The number of esters is 2. The molecule has 0 aliphatic heterocycles. The second-order valence-electron chi connectivity index (χ2n) is 15.0. The number of carbonyl (C=O) groups is 2. The highest BCUT2D eigenvalue weighted by Crippen LogP contribution is 2.16. The van der Waals surface area contributed by atoms with Crippen LogP contribution in [0.5, 0.6) is 0 Å². The van der Waals surface area contributed by atoms with E-state index in [-0.39, 0.29) is 25.2 Å². The quantitative estimate of drug-likeness (QED) is 0.0524. The average molecular weight is 667 g/mol. The van der Waals surface area contributed by atoms with Gasteiger partial charge in [-0.25, -0.2) is 0 Å². The van der Waals surface area contributed by atoms with Gasteiger partial charge in [0.15, 0.2) is 0 Å². The van der Waals surface area contributed by atoms with E-state index in [1.165, 1.54) is 173 Å². The van der Waals surface area contributed by atoms with Gasteiger partial charge >= 0.3 is 11.9 Å². The Labute approximate surface area is 293 Å². The summed E-state index contributed by atoms with van der Waals surface area (Å²) >= 11 is 0. The lowest BCUT2D eigenvalue weighted by molar-refractivity contribution is -0.152. The van der Waals surface area contributed by atoms with Crippen molar-refractivity contribution in [2.45, 2.75) is 239 Å². The van der Waals surface area contributed by atoms with Crippen molar-refractivity contribution in [3.63, 3.8) is 0 Å². The number of carbonyl (C=O) groups excluding carboxylic acids is 2. The van der Waals surface area contributed by atoms with Gasteiger partial charge < -0.3 is 14.6 Å². The van der Waals surface area contributed by atoms with E-state index in [9.17, 15) is 14.7 Å². The first-order valence-electron chi connectivity index (χ1n) is 20.9. The van der Waals surface area contributed by atoms with Gasteiger partial charge in [0, 0.05) is 12.8 Å². The van der Waals surface area contributed by atoms with Gasteiger partial charge in [-0.05, 0) is 18.8 Å². The van der Waals surface area contributed by atoms with Crippen molar-refractivity contribution >= 4 is 11.9 Å². The summed E-state index contributed by atoms with van der Waals surface area (Å²) < 4.78 is 10.4. The third-order valence-electron chi connectivity index (χ3n) is 9.52. The van der Waals surface area contributed by atoms with Crippen LogP contribution in [-0.2, 0) is 19.1 Å². The molecular weight excluding hydrogens is 584 g/mol. The monoisotopic (exact) mass is 667 g/mol. The Morgan fingerprint density at radius 1 is 0.426 bits per heavy atom. The highest BCUT2D eigenvalue weighted by molar-refractivity contribution is 5.69. The second kappa shape index (κ2) is 37.7. The standard InChI is InChI=1S/C42H82O5/c1-4-5-6-7-8-9-10-11-12-13-14-17-20-23-26-29-32-35-41(44)46-37-40(43)38-47-42(45)36-33-30-27-24-21-18-15-16-19-22-25-28-31-34-39(2)3/h39-40,43H,4-38H2,1-3H3/t40-/m1/s1. The fourth-order valence-corrected chi connectivity index (χ4v) is 6.33. The molecule has 0 spiro atoms. The molecule has 0 rings (SSSR count). The van der Waals surface area contributed by atoms with Gasteiger partial charge in [0.25, 0.3) is 0 Å². The molecule has 0 radical (unpaired) electrons. The maximum atomic E-state index is 12.0. The van der Waals surface area contributed by atoms with E-state index < -0.39 is 6.10 Å². The van der Waals surface area contributed by atoms with Gasteiger partial charge in [-0.15, -0.1) is 0 Å². The molecule has 0 saturated carbocycles. The molecule has 280 valence electrons. The van der Waals surface area contributed by atoms with Crippen LogP contribution in [0.3, 0.4) is 0 Å². The molecule has 1 N–H and O–H groups in total. The smallest absolute Gasteiger partial charge is 0.305 e. The van der Waals surface area contributed by atoms with Crippen LogP contribution in [-0.4, -0.2) is 36.4 Å². The minimum absolute atomic E-state index is 0.108. The van der Waals surface area contributed by atoms with Crippen molar-refractivity contribution in [2.75, 3.05) is 13.2 Å². The van der Waals surface area contributed by atoms with Gasteiger partial charge in [-0.1, -0.05) is 207 Å². The molecule has 47 heavy (non-hydrogen) atoms. The maximum absolute atomic E-state index is 12.0. The zero-order valence-electron chi connectivity index (χ0n) is 32.0. The summed E-state index contributed by atoms with van der Waals surface area (Å²) in [4.78, 5) is 24.0. The van der Waals surface area contributed by atoms with Crippen LogP contribution >= 0.6 is 0 Å². The third-order valence-corrected chi connectivity index (χ3v) is 9.52. The molecule has 0 aliphatic rings. The summed E-state index contributed by atoms with van der Waals surface area (Å²) in [6.07, 6.45) is 40.2. The minimum atomic E-state index is -0.955. The van der Waals surface area contributed by atoms with Crippen molar-refractivity contribution in [2.24, 2.45) is 5.92 Å². The number of aliphatic hydroxyl groups excluding tert-OH is 1. The average Bonchev–Trinajstić information content (AvgIpc) is 3.05. The lowest BCUT2D eigenvalue weighted by Crippen LogP contribution is -2.25. The molecule has 0 aliphatic carbocycles. The van der Waals surface area contributed by atoms with Gasteiger partial charge in [0.1, 0.15) is 19.3 Å². The second-order valence-corrected chi connectivity index (χ2v) is 15.0. The van der Waals surface area contributed by atoms with Crippen LogP contribution in [0.4, 0.5) is 0 Å². The largest absolute Gasteiger partial charge is 0.463 e. The summed E-state index contributed by atoms with van der Waals surface area (Å²) in [7, 11) is 0. The molecule has 5 nitrogen and oxygen atoms in total. The number of aliphatic hydroxyl groups is 1. The Kier molecular flexibility index (Phi) is 36.8. The maximum Gasteiger partial charge on any atom is 0.305 e. The Morgan fingerprint density at radius 3 is 0.957 bits per heavy atom. The van der Waals surface area contributed by atoms with Crippen molar-refractivity contribution < 1.29 is 24.2 Å². The van der Waals surface area contributed by atoms with Crippen LogP contribution in [0, 0.1) is 5.92 Å². The fraction of sp³-hybridized carbons (Fsp3) is 0.952. The van der Waals surface area contributed by atoms with Crippen molar-refractivity contribution in [1.82, 2.24) is 0 Å². The molecule has 0 fully saturated rings. The summed E-state index contributed by atoms with van der Waals surface area (Å²) in [6, 6.07) is 0. The Morgan fingerprint density at radius 2 is 0.681 bits per heavy atom. The van der Waals surface area contributed by atoms with E-state index in [0.29, 0.717) is 12.8 Å². The number of hydrogen-bond acceptors (Lipinski definition) is 5. The van der Waals surface area contributed by atoms with E-state index in [1.807, 2.05) is 0 Å². The van der Waals surface area contributed by atoms with Crippen molar-refractivity contribution in [1.29, 1.82) is 0 Å². The van der Waals surface area contributed by atoms with Gasteiger partial charge in [-0.2, -0.15) is 0 Å². The number of rotatable bonds is 38. The summed E-state index contributed by atoms with van der Waals surface area (Å²) in [5.74, 6) is 0.298. The Balaban J connectivity index is 3.37. The zero-order chi connectivity index (χ0) is 34.5. The zero-order valence-corrected chi connectivity index (χ0v) is 32.0. The lowest BCUT2D eigenvalue weighted by Gasteiger charge is -2.12. The third kappa shape index (κ3) is 39.2. The first-order chi connectivity index (χ1) is 23.0. The molecule has 0 bridgehead atoms. The molecule has 0 amide bonds. The number of ether oxygens (including phenoxy) is 2. The van der Waals surface area contributed by atoms with E-state index in [1.54, 1.807) is 0 Å². The molecule has 0 aromatic rings. The number of hydrogen-bond donors (Lipinski definition) is 1. The van der Waals surface area contributed by atoms with Crippen LogP contribution in [0.2, 0.25) is 0 Å². The van der Waals surface area contributed by atoms with Crippen LogP contribution in [0.25, 0.3) is 0 Å². The van der Waals surface area contributed by atoms with Crippen molar-refractivity contribution in [3.8, 4) is 0 Å². The SMILES string of the molecule is CCCCCCCCCCCCCCCCCCCC(=O)OC[C@@H](O)COC(=O)CCCCCCCCCCCCCCCC(C)C. The topological polar surface area (TPSA) is 72.8 Å². The Hall–Kier alpha value is -1.10. The molecule has 0 aromatic heterocycles. The van der Waals surface area contributed by atoms with E-state index in [2.05, 4.69) is 20.8 Å². The van der Waals surface area contributed by atoms with E-state index in [4.69, 9.17) is 9.47 Å². The highest BCUT2D eigenvalue weighted by Gasteiger charge is 2.12. The van der Waals surface area contributed by atoms with Crippen LogP contribution in [0.15, 0.2) is 0 Å². The predicted molar refractivity (Wildman–Crippen MR) is 201 cm³/mol. The summed E-state index contributed by atoms with van der Waals surface area (Å²) in [6.45, 7) is 6.69. The van der Waals surface area contributed by atoms with Gasteiger partial charge in [0.05, 0.1) is 0 Å². The molecule has 1 atom stereocenters. The van der Waals surface area contributed by atoms with Crippen LogP contribution in [0.1, 0.15) is 233 Å². The first kappa shape index (κ1) is 45.9. The Bertz CT molecular complexity index is 649. The molecule has 0 saturated heterocycles. The van der Waals surface area contributed by atoms with E-state index >= 15 is 0 Å². The fourth-order valence-electron chi connectivity index (χ4n) is 6.33. The molecule has 0 unspecified atom stereocenters. The predicted octanol–water partition coefficient (Wildman–Crippen LogP) is 13.0. The van der Waals surface area contributed by atoms with Crippen LogP contribution < -0.4 is 0 Å². The van der Waals surface area contributed by atoms with Gasteiger partial charge in [0.2, 0.25) is 0 Å². The summed E-state index contributed by atoms with van der Waals surface area (Å²) in [5.41, 5.74) is 0. The molecule has 0 aromatic carbocycles. The van der Waals surface area contributed by atoms with Gasteiger partial charge in [-0.3, -0.25) is 9.59 Å². The molecular formula is C42H82O5. The number of unbranched alkanes of at least 4 members (excludes halogenated alkanes) is 28.